The van der Waals surface area contributed by atoms with Gasteiger partial charge in [-0.15, -0.1) is 0 Å². The Kier molecular flexibility index (Phi) is 4.04. The standard InChI is InChI=1S/C13H19NO3S/c1-10(6-7-14)12-4-2-3-5-13(12)18(15,16)11-8-17-9-11/h2-5,10-11H,6-9,14H2,1H3. The lowest BCUT2D eigenvalue weighted by Gasteiger charge is -2.27. The Hall–Kier alpha value is -0.910. The fourth-order valence-electron chi connectivity index (χ4n) is 2.13. The molecular weight excluding hydrogens is 250 g/mol. The molecule has 0 bridgehead atoms. The SMILES string of the molecule is CC(CCN)c1ccccc1S(=O)(=O)C1COC1. The summed E-state index contributed by atoms with van der Waals surface area (Å²) in [5.74, 6) is 0.155. The number of sulfone groups is 1. The molecule has 0 aliphatic carbocycles. The van der Waals surface area contributed by atoms with Gasteiger partial charge in [0, 0.05) is 0 Å². The lowest BCUT2D eigenvalue weighted by molar-refractivity contribution is 0.0415. The number of nitrogens with two attached hydrogens (primary N) is 1. The van der Waals surface area contributed by atoms with Crippen LogP contribution >= 0.6 is 0 Å². The van der Waals surface area contributed by atoms with Crippen molar-refractivity contribution in [3.8, 4) is 0 Å². The Morgan fingerprint density at radius 2 is 2.06 bits per heavy atom. The van der Waals surface area contributed by atoms with Crippen molar-refractivity contribution in [3.05, 3.63) is 29.8 Å². The second-order valence-electron chi connectivity index (χ2n) is 4.72. The lowest BCUT2D eigenvalue weighted by Crippen LogP contribution is -2.41. The number of hydrogen-bond acceptors (Lipinski definition) is 4. The highest BCUT2D eigenvalue weighted by molar-refractivity contribution is 7.92. The summed E-state index contributed by atoms with van der Waals surface area (Å²) in [6, 6.07) is 7.21. The highest BCUT2D eigenvalue weighted by atomic mass is 32.2. The van der Waals surface area contributed by atoms with E-state index >= 15 is 0 Å². The van der Waals surface area contributed by atoms with Crippen molar-refractivity contribution in [2.24, 2.45) is 5.73 Å². The highest BCUT2D eigenvalue weighted by Crippen LogP contribution is 2.30. The van der Waals surface area contributed by atoms with E-state index in [4.69, 9.17) is 10.5 Å². The first-order valence-electron chi connectivity index (χ1n) is 6.18. The fraction of sp³-hybridized carbons (Fsp3) is 0.538. The van der Waals surface area contributed by atoms with Crippen LogP contribution in [0.4, 0.5) is 0 Å². The minimum absolute atomic E-state index is 0.155. The molecular formula is C13H19NO3S. The zero-order chi connectivity index (χ0) is 13.2. The van der Waals surface area contributed by atoms with Gasteiger partial charge in [-0.05, 0) is 30.5 Å². The summed E-state index contributed by atoms with van der Waals surface area (Å²) in [5, 5.41) is -0.385. The summed E-state index contributed by atoms with van der Waals surface area (Å²) in [4.78, 5) is 0.444. The van der Waals surface area contributed by atoms with Crippen molar-refractivity contribution in [2.45, 2.75) is 29.4 Å². The molecule has 1 saturated heterocycles. The molecule has 1 aliphatic rings. The largest absolute Gasteiger partial charge is 0.379 e. The van der Waals surface area contributed by atoms with Gasteiger partial charge in [0.2, 0.25) is 0 Å². The monoisotopic (exact) mass is 269 g/mol. The zero-order valence-corrected chi connectivity index (χ0v) is 11.3. The van der Waals surface area contributed by atoms with E-state index in [9.17, 15) is 8.42 Å². The van der Waals surface area contributed by atoms with E-state index in [1.165, 1.54) is 0 Å². The molecule has 1 heterocycles. The van der Waals surface area contributed by atoms with E-state index in [2.05, 4.69) is 0 Å². The second kappa shape index (κ2) is 5.38. The van der Waals surface area contributed by atoms with Gasteiger partial charge in [-0.25, -0.2) is 8.42 Å². The minimum Gasteiger partial charge on any atom is -0.379 e. The molecule has 0 aromatic heterocycles. The predicted molar refractivity (Wildman–Crippen MR) is 70.3 cm³/mol. The van der Waals surface area contributed by atoms with Crippen LogP contribution in [0.25, 0.3) is 0 Å². The van der Waals surface area contributed by atoms with Gasteiger partial charge in [0.25, 0.3) is 0 Å². The van der Waals surface area contributed by atoms with Gasteiger partial charge in [-0.1, -0.05) is 25.1 Å². The van der Waals surface area contributed by atoms with Gasteiger partial charge in [0.05, 0.1) is 18.1 Å². The lowest BCUT2D eigenvalue weighted by atomic mass is 9.98. The average Bonchev–Trinajstić information content (AvgIpc) is 2.26. The normalized spacial score (nSPS) is 18.3. The van der Waals surface area contributed by atoms with Crippen LogP contribution < -0.4 is 5.73 Å². The molecule has 0 amide bonds. The molecule has 1 aromatic rings. The molecule has 5 heteroatoms. The first-order valence-corrected chi connectivity index (χ1v) is 7.72. The number of ether oxygens (including phenoxy) is 1. The van der Waals surface area contributed by atoms with E-state index < -0.39 is 9.84 Å². The Labute approximate surface area is 108 Å². The topological polar surface area (TPSA) is 69.4 Å². The van der Waals surface area contributed by atoms with Gasteiger partial charge in [-0.2, -0.15) is 0 Å². The van der Waals surface area contributed by atoms with E-state index in [0.717, 1.165) is 12.0 Å². The molecule has 2 N–H and O–H groups in total. The molecule has 0 spiro atoms. The zero-order valence-electron chi connectivity index (χ0n) is 10.5. The molecule has 1 aliphatic heterocycles. The molecule has 2 rings (SSSR count). The summed E-state index contributed by atoms with van der Waals surface area (Å²) in [6.45, 7) is 3.18. The van der Waals surface area contributed by atoms with Crippen molar-refractivity contribution in [1.82, 2.24) is 0 Å². The average molecular weight is 269 g/mol. The summed E-state index contributed by atoms with van der Waals surface area (Å²) >= 11 is 0. The molecule has 0 saturated carbocycles. The van der Waals surface area contributed by atoms with Gasteiger partial charge in [-0.3, -0.25) is 0 Å². The Morgan fingerprint density at radius 1 is 1.39 bits per heavy atom. The Balaban J connectivity index is 2.38. The Bertz CT molecular complexity index is 509. The van der Waals surface area contributed by atoms with E-state index in [0.29, 0.717) is 24.7 Å². The van der Waals surface area contributed by atoms with Crippen LogP contribution in [0.3, 0.4) is 0 Å². The van der Waals surface area contributed by atoms with E-state index in [1.54, 1.807) is 12.1 Å². The van der Waals surface area contributed by atoms with Gasteiger partial charge >= 0.3 is 0 Å². The molecule has 1 unspecified atom stereocenters. The molecule has 1 aromatic carbocycles. The molecule has 18 heavy (non-hydrogen) atoms. The first-order chi connectivity index (χ1) is 8.57. The van der Waals surface area contributed by atoms with Gasteiger partial charge in [0.15, 0.2) is 9.84 Å². The molecule has 1 atom stereocenters. The van der Waals surface area contributed by atoms with Crippen LogP contribution in [-0.4, -0.2) is 33.4 Å². The third-order valence-electron chi connectivity index (χ3n) is 3.40. The maximum Gasteiger partial charge on any atom is 0.186 e. The molecule has 0 radical (unpaired) electrons. The fourth-order valence-corrected chi connectivity index (χ4v) is 3.90. The van der Waals surface area contributed by atoms with Crippen LogP contribution in [0.15, 0.2) is 29.2 Å². The number of hydrogen-bond donors (Lipinski definition) is 1. The van der Waals surface area contributed by atoms with Crippen LogP contribution in [-0.2, 0) is 14.6 Å². The molecule has 1 fully saturated rings. The van der Waals surface area contributed by atoms with E-state index in [-0.39, 0.29) is 11.2 Å². The molecule has 100 valence electrons. The van der Waals surface area contributed by atoms with Crippen molar-refractivity contribution in [3.63, 3.8) is 0 Å². The van der Waals surface area contributed by atoms with Gasteiger partial charge < -0.3 is 10.5 Å². The van der Waals surface area contributed by atoms with Crippen molar-refractivity contribution >= 4 is 9.84 Å². The third kappa shape index (κ3) is 2.43. The first kappa shape index (κ1) is 13.5. The maximum atomic E-state index is 12.4. The molecule has 4 nitrogen and oxygen atoms in total. The van der Waals surface area contributed by atoms with Gasteiger partial charge in [0.1, 0.15) is 5.25 Å². The number of rotatable bonds is 5. The van der Waals surface area contributed by atoms with Crippen LogP contribution in [0.1, 0.15) is 24.8 Å². The maximum absolute atomic E-state index is 12.4. The van der Waals surface area contributed by atoms with Crippen LogP contribution in [0.2, 0.25) is 0 Å². The quantitative estimate of drug-likeness (QED) is 0.875. The summed E-state index contributed by atoms with van der Waals surface area (Å²) in [6.07, 6.45) is 0.785. The summed E-state index contributed by atoms with van der Waals surface area (Å²) in [5.41, 5.74) is 6.42. The van der Waals surface area contributed by atoms with Crippen molar-refractivity contribution in [1.29, 1.82) is 0 Å². The highest BCUT2D eigenvalue weighted by Gasteiger charge is 2.35. The Morgan fingerprint density at radius 3 is 2.61 bits per heavy atom. The third-order valence-corrected chi connectivity index (χ3v) is 5.54. The second-order valence-corrected chi connectivity index (χ2v) is 6.92. The predicted octanol–water partition coefficient (Wildman–Crippen LogP) is 1.31. The van der Waals surface area contributed by atoms with E-state index in [1.807, 2.05) is 19.1 Å². The van der Waals surface area contributed by atoms with Crippen molar-refractivity contribution in [2.75, 3.05) is 19.8 Å². The minimum atomic E-state index is -3.26. The summed E-state index contributed by atoms with van der Waals surface area (Å²) in [7, 11) is -3.26. The smallest absolute Gasteiger partial charge is 0.186 e. The van der Waals surface area contributed by atoms with Crippen molar-refractivity contribution < 1.29 is 13.2 Å². The van der Waals surface area contributed by atoms with Crippen LogP contribution in [0, 0.1) is 0 Å². The summed E-state index contributed by atoms with van der Waals surface area (Å²) < 4.78 is 29.9. The van der Waals surface area contributed by atoms with Crippen LogP contribution in [0.5, 0.6) is 0 Å². The number of benzene rings is 1.